The minimum atomic E-state index is -0.202. The number of nitrogens with zero attached hydrogens (tertiary/aromatic N) is 2. The van der Waals surface area contributed by atoms with Crippen LogP contribution in [0.1, 0.15) is 57.8 Å². The van der Waals surface area contributed by atoms with Gasteiger partial charge in [0.15, 0.2) is 0 Å². The molecule has 1 aromatic heterocycles. The van der Waals surface area contributed by atoms with Crippen molar-refractivity contribution in [3.63, 3.8) is 0 Å². The molecular formula is C17H24ClFN2. The van der Waals surface area contributed by atoms with Gasteiger partial charge in [0.25, 0.3) is 0 Å². The normalized spacial score (nSPS) is 13.0. The van der Waals surface area contributed by atoms with E-state index in [2.05, 4.69) is 23.4 Å². The Morgan fingerprint density at radius 2 is 2.05 bits per heavy atom. The zero-order valence-electron chi connectivity index (χ0n) is 12.9. The van der Waals surface area contributed by atoms with Crippen molar-refractivity contribution in [1.82, 2.24) is 9.55 Å². The minimum absolute atomic E-state index is 0.202. The molecule has 0 saturated heterocycles. The summed E-state index contributed by atoms with van der Waals surface area (Å²) in [7, 11) is 0. The third-order valence-corrected chi connectivity index (χ3v) is 4.11. The summed E-state index contributed by atoms with van der Waals surface area (Å²) < 4.78 is 15.9. The van der Waals surface area contributed by atoms with Gasteiger partial charge in [-0.1, -0.05) is 33.1 Å². The Kier molecular flexibility index (Phi) is 6.04. The molecule has 0 amide bonds. The number of unbranched alkanes of at least 4 members (excludes halogenated alkanes) is 1. The summed E-state index contributed by atoms with van der Waals surface area (Å²) in [6, 6.07) is 5.24. The number of halogens is 2. The van der Waals surface area contributed by atoms with E-state index in [9.17, 15) is 4.39 Å². The van der Waals surface area contributed by atoms with Crippen molar-refractivity contribution >= 4 is 22.6 Å². The Bertz CT molecular complexity index is 579. The highest BCUT2D eigenvalue weighted by molar-refractivity contribution is 6.17. The average molecular weight is 311 g/mol. The molecule has 0 saturated carbocycles. The molecule has 0 bridgehead atoms. The quantitative estimate of drug-likeness (QED) is 0.590. The molecular weight excluding hydrogens is 287 g/mol. The van der Waals surface area contributed by atoms with E-state index in [0.29, 0.717) is 11.9 Å². The molecule has 4 heteroatoms. The molecule has 0 aliphatic heterocycles. The molecule has 0 aliphatic carbocycles. The summed E-state index contributed by atoms with van der Waals surface area (Å²) in [5.74, 6) is 1.32. The molecule has 0 fully saturated rings. The van der Waals surface area contributed by atoms with Crippen LogP contribution in [0.5, 0.6) is 0 Å². The van der Waals surface area contributed by atoms with Crippen molar-refractivity contribution in [2.75, 3.05) is 5.88 Å². The van der Waals surface area contributed by atoms with Gasteiger partial charge in [-0.15, -0.1) is 11.6 Å². The molecule has 2 rings (SSSR count). The van der Waals surface area contributed by atoms with E-state index in [-0.39, 0.29) is 5.82 Å². The van der Waals surface area contributed by atoms with Crippen LogP contribution in [0, 0.1) is 5.82 Å². The van der Waals surface area contributed by atoms with Crippen LogP contribution < -0.4 is 0 Å². The van der Waals surface area contributed by atoms with E-state index in [1.54, 1.807) is 12.1 Å². The number of fused-ring (bicyclic) bond motifs is 1. The lowest BCUT2D eigenvalue weighted by molar-refractivity contribution is 0.415. The highest BCUT2D eigenvalue weighted by atomic mass is 35.5. The number of aromatic nitrogens is 2. The minimum Gasteiger partial charge on any atom is -0.325 e. The van der Waals surface area contributed by atoms with Crippen molar-refractivity contribution in [3.8, 4) is 0 Å². The Morgan fingerprint density at radius 3 is 2.71 bits per heavy atom. The Morgan fingerprint density at radius 1 is 1.24 bits per heavy atom. The second-order valence-corrected chi connectivity index (χ2v) is 5.93. The molecule has 1 atom stereocenters. The summed E-state index contributed by atoms with van der Waals surface area (Å²) in [5, 5.41) is 0. The zero-order chi connectivity index (χ0) is 15.2. The second kappa shape index (κ2) is 7.79. The van der Waals surface area contributed by atoms with Crippen molar-refractivity contribution in [1.29, 1.82) is 0 Å². The molecule has 1 heterocycles. The lowest BCUT2D eigenvalue weighted by Crippen LogP contribution is -2.13. The summed E-state index contributed by atoms with van der Waals surface area (Å²) in [6.07, 6.45) is 6.40. The zero-order valence-corrected chi connectivity index (χ0v) is 13.7. The first-order chi connectivity index (χ1) is 10.2. The fourth-order valence-electron chi connectivity index (χ4n) is 2.96. The van der Waals surface area contributed by atoms with Crippen molar-refractivity contribution in [3.05, 3.63) is 29.8 Å². The molecule has 0 spiro atoms. The van der Waals surface area contributed by atoms with Gasteiger partial charge in [0.1, 0.15) is 11.6 Å². The van der Waals surface area contributed by atoms with E-state index in [0.717, 1.165) is 42.5 Å². The number of alkyl halides is 1. The van der Waals surface area contributed by atoms with Crippen molar-refractivity contribution in [2.24, 2.45) is 0 Å². The standard InChI is InChI=1S/C17H24ClFN2/c1-3-5-7-14(6-4-2)21-16-12-13(19)8-9-15(16)20-17(21)10-11-18/h8-9,12,14H,3-7,10-11H2,1-2H3. The molecule has 1 unspecified atom stereocenters. The maximum atomic E-state index is 13.6. The van der Waals surface area contributed by atoms with Gasteiger partial charge in [-0.3, -0.25) is 0 Å². The number of hydrogen-bond acceptors (Lipinski definition) is 1. The number of imidazole rings is 1. The Labute approximate surface area is 131 Å². The fourth-order valence-corrected chi connectivity index (χ4v) is 3.13. The molecule has 2 aromatic rings. The van der Waals surface area contributed by atoms with Gasteiger partial charge in [0.05, 0.1) is 11.0 Å². The first kappa shape index (κ1) is 16.3. The van der Waals surface area contributed by atoms with Gasteiger partial charge in [-0.25, -0.2) is 9.37 Å². The first-order valence-electron chi connectivity index (χ1n) is 7.93. The highest BCUT2D eigenvalue weighted by Crippen LogP contribution is 2.29. The Balaban J connectivity index is 2.49. The van der Waals surface area contributed by atoms with Crippen molar-refractivity contribution < 1.29 is 4.39 Å². The van der Waals surface area contributed by atoms with E-state index < -0.39 is 0 Å². The van der Waals surface area contributed by atoms with Gasteiger partial charge in [0, 0.05) is 18.3 Å². The maximum absolute atomic E-state index is 13.6. The first-order valence-corrected chi connectivity index (χ1v) is 8.47. The number of rotatable bonds is 8. The van der Waals surface area contributed by atoms with Crippen LogP contribution in [0.3, 0.4) is 0 Å². The van der Waals surface area contributed by atoms with E-state index in [4.69, 9.17) is 11.6 Å². The van der Waals surface area contributed by atoms with E-state index >= 15 is 0 Å². The topological polar surface area (TPSA) is 17.8 Å². The summed E-state index contributed by atoms with van der Waals surface area (Å²) in [6.45, 7) is 4.40. The molecule has 0 aliphatic rings. The van der Waals surface area contributed by atoms with Crippen LogP contribution in [0.2, 0.25) is 0 Å². The molecule has 0 N–H and O–H groups in total. The van der Waals surface area contributed by atoms with Crippen LogP contribution in [0.4, 0.5) is 4.39 Å². The largest absolute Gasteiger partial charge is 0.325 e. The number of benzene rings is 1. The Hall–Kier alpha value is -1.09. The molecule has 1 aromatic carbocycles. The number of hydrogen-bond donors (Lipinski definition) is 0. The lowest BCUT2D eigenvalue weighted by Gasteiger charge is -2.21. The second-order valence-electron chi connectivity index (χ2n) is 5.55. The van der Waals surface area contributed by atoms with Crippen LogP contribution in [-0.2, 0) is 6.42 Å². The van der Waals surface area contributed by atoms with Gasteiger partial charge in [-0.05, 0) is 31.0 Å². The smallest absolute Gasteiger partial charge is 0.125 e. The van der Waals surface area contributed by atoms with Crippen molar-refractivity contribution in [2.45, 2.75) is 58.4 Å². The van der Waals surface area contributed by atoms with Crippen LogP contribution >= 0.6 is 11.6 Å². The third kappa shape index (κ3) is 3.76. The summed E-state index contributed by atoms with van der Waals surface area (Å²) >= 11 is 5.93. The monoisotopic (exact) mass is 310 g/mol. The van der Waals surface area contributed by atoms with E-state index in [1.165, 1.54) is 18.9 Å². The van der Waals surface area contributed by atoms with Gasteiger partial charge in [-0.2, -0.15) is 0 Å². The summed E-state index contributed by atoms with van der Waals surface area (Å²) in [4.78, 5) is 4.67. The predicted octanol–water partition coefficient (Wildman–Crippen LogP) is 5.49. The van der Waals surface area contributed by atoms with Gasteiger partial charge < -0.3 is 4.57 Å². The highest BCUT2D eigenvalue weighted by Gasteiger charge is 2.18. The molecule has 0 radical (unpaired) electrons. The predicted molar refractivity (Wildman–Crippen MR) is 87.6 cm³/mol. The van der Waals surface area contributed by atoms with E-state index in [1.807, 2.05) is 0 Å². The van der Waals surface area contributed by atoms with Gasteiger partial charge >= 0.3 is 0 Å². The average Bonchev–Trinajstić information content (AvgIpc) is 2.81. The van der Waals surface area contributed by atoms with Crippen LogP contribution in [0.25, 0.3) is 11.0 Å². The number of aryl methyl sites for hydroxylation is 1. The molecule has 21 heavy (non-hydrogen) atoms. The van der Waals surface area contributed by atoms with Crippen LogP contribution in [-0.4, -0.2) is 15.4 Å². The fraction of sp³-hybridized carbons (Fsp3) is 0.588. The third-order valence-electron chi connectivity index (χ3n) is 3.92. The summed E-state index contributed by atoms with van der Waals surface area (Å²) in [5.41, 5.74) is 1.78. The maximum Gasteiger partial charge on any atom is 0.125 e. The molecule has 116 valence electrons. The van der Waals surface area contributed by atoms with Gasteiger partial charge in [0.2, 0.25) is 0 Å². The SMILES string of the molecule is CCCCC(CCC)n1c(CCCl)nc2ccc(F)cc21. The van der Waals surface area contributed by atoms with Crippen LogP contribution in [0.15, 0.2) is 18.2 Å². The molecule has 2 nitrogen and oxygen atoms in total. The lowest BCUT2D eigenvalue weighted by atomic mass is 10.0.